The molecule has 2 aromatic rings. The Labute approximate surface area is 135 Å². The minimum absolute atomic E-state index is 0.0760. The smallest absolute Gasteiger partial charge is 0.341 e. The number of hydrogen-bond donors (Lipinski definition) is 1. The van der Waals surface area contributed by atoms with Crippen LogP contribution < -0.4 is 10.2 Å². The molecule has 0 radical (unpaired) electrons. The number of rotatable bonds is 5. The van der Waals surface area contributed by atoms with Crippen LogP contribution in [0.15, 0.2) is 16.2 Å². The monoisotopic (exact) mass is 340 g/mol. The van der Waals surface area contributed by atoms with E-state index < -0.39 is 5.97 Å². The van der Waals surface area contributed by atoms with Gasteiger partial charge in [-0.25, -0.2) is 4.79 Å². The predicted octanol–water partition coefficient (Wildman–Crippen LogP) is 2.40. The summed E-state index contributed by atoms with van der Waals surface area (Å²) >= 11 is 2.35. The predicted molar refractivity (Wildman–Crippen MR) is 87.0 cm³/mol. The molecule has 118 valence electrons. The average Bonchev–Trinajstić information content (AvgIpc) is 2.96. The van der Waals surface area contributed by atoms with Gasteiger partial charge in [0.1, 0.15) is 11.5 Å². The molecule has 0 saturated carbocycles. The maximum Gasteiger partial charge on any atom is 0.341 e. The summed E-state index contributed by atoms with van der Waals surface area (Å²) in [5.41, 5.74) is 1.07. The molecule has 0 fully saturated rings. The number of thiazole rings is 1. The highest BCUT2D eigenvalue weighted by molar-refractivity contribution is 7.16. The number of aromatic nitrogens is 1. The van der Waals surface area contributed by atoms with Crippen molar-refractivity contribution in [2.75, 3.05) is 11.9 Å². The lowest BCUT2D eigenvalue weighted by Gasteiger charge is -2.07. The zero-order valence-electron chi connectivity index (χ0n) is 12.5. The van der Waals surface area contributed by atoms with E-state index in [0.29, 0.717) is 10.6 Å². The highest BCUT2D eigenvalue weighted by Gasteiger charge is 2.18. The second-order valence-corrected chi connectivity index (χ2v) is 6.67. The summed E-state index contributed by atoms with van der Waals surface area (Å²) in [6.45, 7) is 5.53. The molecular formula is C14H16N2O4S2. The Morgan fingerprint density at radius 3 is 2.68 bits per heavy atom. The van der Waals surface area contributed by atoms with E-state index in [1.807, 2.05) is 6.92 Å². The van der Waals surface area contributed by atoms with E-state index in [-0.39, 0.29) is 23.9 Å². The first-order chi connectivity index (χ1) is 10.4. The second kappa shape index (κ2) is 6.89. The number of esters is 1. The number of nitrogens with one attached hydrogen (secondary N) is 1. The fraction of sp³-hybridized carbons (Fsp3) is 0.357. The maximum absolute atomic E-state index is 12.1. The third kappa shape index (κ3) is 3.63. The highest BCUT2D eigenvalue weighted by atomic mass is 32.1. The number of carbonyl (C=O) groups excluding carboxylic acids is 2. The summed E-state index contributed by atoms with van der Waals surface area (Å²) in [5.74, 6) is -0.818. The Kier molecular flexibility index (Phi) is 5.15. The lowest BCUT2D eigenvalue weighted by atomic mass is 10.3. The van der Waals surface area contributed by atoms with Crippen molar-refractivity contribution in [3.05, 3.63) is 37.2 Å². The Morgan fingerprint density at radius 1 is 1.36 bits per heavy atom. The second-order valence-electron chi connectivity index (χ2n) is 4.60. The number of ether oxygens (including phenoxy) is 1. The molecule has 2 rings (SSSR count). The Bertz CT molecular complexity index is 757. The number of nitrogens with zero attached hydrogens (tertiary/aromatic N) is 1. The van der Waals surface area contributed by atoms with Crippen molar-refractivity contribution in [1.29, 1.82) is 0 Å². The SMILES string of the molecule is CCOC(=O)c1cc(C)sc1NC(=O)Cn1c(C)csc1=O. The Morgan fingerprint density at radius 2 is 2.09 bits per heavy atom. The largest absolute Gasteiger partial charge is 0.462 e. The average molecular weight is 340 g/mol. The summed E-state index contributed by atoms with van der Waals surface area (Å²) < 4.78 is 6.36. The number of hydrogen-bond acceptors (Lipinski definition) is 6. The lowest BCUT2D eigenvalue weighted by Crippen LogP contribution is -2.25. The Hall–Kier alpha value is -1.93. The third-order valence-corrected chi connectivity index (χ3v) is 4.73. The van der Waals surface area contributed by atoms with E-state index in [1.165, 1.54) is 15.9 Å². The van der Waals surface area contributed by atoms with Crippen LogP contribution in [0.5, 0.6) is 0 Å². The van der Waals surface area contributed by atoms with Crippen LogP contribution in [0.1, 0.15) is 27.9 Å². The van der Waals surface area contributed by atoms with Gasteiger partial charge in [0.25, 0.3) is 0 Å². The summed E-state index contributed by atoms with van der Waals surface area (Å²) in [6, 6.07) is 1.68. The summed E-state index contributed by atoms with van der Waals surface area (Å²) in [4.78, 5) is 36.3. The molecule has 0 atom stereocenters. The molecule has 22 heavy (non-hydrogen) atoms. The van der Waals surface area contributed by atoms with Crippen LogP contribution in [-0.2, 0) is 16.1 Å². The lowest BCUT2D eigenvalue weighted by molar-refractivity contribution is -0.116. The minimum Gasteiger partial charge on any atom is -0.462 e. The normalized spacial score (nSPS) is 10.5. The standard InChI is InChI=1S/C14H16N2O4S2/c1-4-20-13(18)10-5-9(3)22-12(10)15-11(17)6-16-8(2)7-21-14(16)19/h5,7H,4,6H2,1-3H3,(H,15,17). The maximum atomic E-state index is 12.1. The molecule has 0 unspecified atom stereocenters. The van der Waals surface area contributed by atoms with Crippen LogP contribution >= 0.6 is 22.7 Å². The zero-order valence-corrected chi connectivity index (χ0v) is 14.1. The molecule has 2 heterocycles. The number of anilines is 1. The van der Waals surface area contributed by atoms with Gasteiger partial charge in [0, 0.05) is 16.0 Å². The van der Waals surface area contributed by atoms with E-state index in [1.54, 1.807) is 25.3 Å². The molecule has 1 amide bonds. The molecule has 0 saturated heterocycles. The van der Waals surface area contributed by atoms with Crippen molar-refractivity contribution in [3.63, 3.8) is 0 Å². The fourth-order valence-corrected chi connectivity index (χ4v) is 3.52. The molecule has 0 aliphatic rings. The van der Waals surface area contributed by atoms with Crippen molar-refractivity contribution in [2.24, 2.45) is 0 Å². The van der Waals surface area contributed by atoms with Crippen LogP contribution in [0.3, 0.4) is 0 Å². The van der Waals surface area contributed by atoms with Gasteiger partial charge in [0.15, 0.2) is 0 Å². The van der Waals surface area contributed by atoms with Gasteiger partial charge in [-0.05, 0) is 26.8 Å². The molecule has 6 nitrogen and oxygen atoms in total. The molecule has 0 aliphatic carbocycles. The Balaban J connectivity index is 2.15. The number of thiophene rings is 1. The van der Waals surface area contributed by atoms with Gasteiger partial charge < -0.3 is 10.1 Å². The van der Waals surface area contributed by atoms with E-state index in [2.05, 4.69) is 5.32 Å². The highest BCUT2D eigenvalue weighted by Crippen LogP contribution is 2.28. The molecule has 0 bridgehead atoms. The van der Waals surface area contributed by atoms with Crippen molar-refractivity contribution in [1.82, 2.24) is 4.57 Å². The molecule has 0 spiro atoms. The van der Waals surface area contributed by atoms with E-state index in [0.717, 1.165) is 21.9 Å². The van der Waals surface area contributed by atoms with Crippen LogP contribution in [0.4, 0.5) is 5.00 Å². The third-order valence-electron chi connectivity index (χ3n) is 2.88. The molecule has 8 heteroatoms. The molecule has 0 aliphatic heterocycles. The van der Waals surface area contributed by atoms with Crippen LogP contribution in [0.2, 0.25) is 0 Å². The first-order valence-electron chi connectivity index (χ1n) is 6.64. The summed E-state index contributed by atoms with van der Waals surface area (Å²) in [7, 11) is 0. The van der Waals surface area contributed by atoms with Gasteiger partial charge in [-0.15, -0.1) is 11.3 Å². The number of carbonyl (C=O) groups is 2. The quantitative estimate of drug-likeness (QED) is 0.848. The number of amides is 1. The van der Waals surface area contributed by atoms with E-state index in [9.17, 15) is 14.4 Å². The first kappa shape index (κ1) is 16.4. The fourth-order valence-electron chi connectivity index (χ4n) is 1.87. The minimum atomic E-state index is -0.467. The molecule has 0 aromatic carbocycles. The van der Waals surface area contributed by atoms with Crippen molar-refractivity contribution in [2.45, 2.75) is 27.3 Å². The van der Waals surface area contributed by atoms with Crippen molar-refractivity contribution < 1.29 is 14.3 Å². The van der Waals surface area contributed by atoms with Crippen LogP contribution in [0.25, 0.3) is 0 Å². The summed E-state index contributed by atoms with van der Waals surface area (Å²) in [5, 5.41) is 4.84. The zero-order chi connectivity index (χ0) is 16.3. The number of aryl methyl sites for hydroxylation is 2. The van der Waals surface area contributed by atoms with E-state index in [4.69, 9.17) is 4.74 Å². The molecule has 2 aromatic heterocycles. The van der Waals surface area contributed by atoms with Gasteiger partial charge in [-0.1, -0.05) is 11.3 Å². The van der Waals surface area contributed by atoms with Gasteiger partial charge in [-0.3, -0.25) is 14.2 Å². The van der Waals surface area contributed by atoms with E-state index >= 15 is 0 Å². The first-order valence-corrected chi connectivity index (χ1v) is 8.34. The van der Waals surface area contributed by atoms with Gasteiger partial charge in [0.05, 0.1) is 12.2 Å². The molecule has 1 N–H and O–H groups in total. The van der Waals surface area contributed by atoms with Crippen molar-refractivity contribution in [3.8, 4) is 0 Å². The topological polar surface area (TPSA) is 77.4 Å². The van der Waals surface area contributed by atoms with Gasteiger partial charge >= 0.3 is 10.8 Å². The van der Waals surface area contributed by atoms with Crippen molar-refractivity contribution >= 4 is 39.6 Å². The van der Waals surface area contributed by atoms with Crippen LogP contribution in [-0.4, -0.2) is 23.1 Å². The molecular weight excluding hydrogens is 324 g/mol. The van der Waals surface area contributed by atoms with Gasteiger partial charge in [-0.2, -0.15) is 0 Å². The van der Waals surface area contributed by atoms with Crippen LogP contribution in [0, 0.1) is 13.8 Å². The van der Waals surface area contributed by atoms with Gasteiger partial charge in [0.2, 0.25) is 5.91 Å². The summed E-state index contributed by atoms with van der Waals surface area (Å²) in [6.07, 6.45) is 0.